The number of carbonyl (C=O) groups excluding carboxylic acids is 1. The van der Waals surface area contributed by atoms with Gasteiger partial charge in [-0.15, -0.1) is 0 Å². The van der Waals surface area contributed by atoms with Crippen molar-refractivity contribution in [2.24, 2.45) is 16.6 Å². The number of carbonyl (C=O) groups is 1. The monoisotopic (exact) mass is 212 g/mol. The number of nitrogens with two attached hydrogens (primary N) is 1. The molecule has 0 aromatic rings. The first kappa shape index (κ1) is 8.73. The molecule has 2 aliphatic heterocycles. The number of ether oxygens (including phenoxy) is 1. The molecule has 14 heavy (non-hydrogen) atoms. The minimum atomic E-state index is -0.302. The Bertz CT molecular complexity index is 331. The van der Waals surface area contributed by atoms with Crippen LogP contribution in [0.1, 0.15) is 12.8 Å². The standard InChI is InChI=1S/C9H12N2O2S/c10-8-11-9-4-13-2-1-5(9)3-6(12)7(9)14-8/h5,7H,1-4H2,(H2,10,11)/t5-,7-,9+/m1/s1. The topological polar surface area (TPSA) is 64.7 Å². The molecule has 4 nitrogen and oxygen atoms in total. The molecule has 76 valence electrons. The number of thioether (sulfide) groups is 1. The van der Waals surface area contributed by atoms with Crippen molar-refractivity contribution in [3.05, 3.63) is 0 Å². The highest BCUT2D eigenvalue weighted by molar-refractivity contribution is 8.15. The van der Waals surface area contributed by atoms with Gasteiger partial charge in [0, 0.05) is 13.0 Å². The van der Waals surface area contributed by atoms with Crippen LogP contribution in [-0.2, 0) is 9.53 Å². The Morgan fingerprint density at radius 1 is 1.64 bits per heavy atom. The van der Waals surface area contributed by atoms with Crippen molar-refractivity contribution in [3.63, 3.8) is 0 Å². The van der Waals surface area contributed by atoms with Crippen molar-refractivity contribution >= 4 is 22.7 Å². The molecular formula is C9H12N2O2S. The van der Waals surface area contributed by atoms with E-state index in [-0.39, 0.29) is 10.8 Å². The van der Waals surface area contributed by atoms with Crippen LogP contribution in [0.4, 0.5) is 0 Å². The van der Waals surface area contributed by atoms with Crippen molar-refractivity contribution in [2.45, 2.75) is 23.6 Å². The normalized spacial score (nSPS) is 46.0. The van der Waals surface area contributed by atoms with Crippen molar-refractivity contribution in [1.82, 2.24) is 0 Å². The summed E-state index contributed by atoms with van der Waals surface area (Å²) in [6, 6.07) is 0. The van der Waals surface area contributed by atoms with Crippen molar-refractivity contribution in [3.8, 4) is 0 Å². The molecule has 0 radical (unpaired) electrons. The molecule has 1 saturated carbocycles. The second-order valence-electron chi connectivity index (χ2n) is 4.15. The molecule has 0 bridgehead atoms. The second kappa shape index (κ2) is 2.73. The van der Waals surface area contributed by atoms with Gasteiger partial charge in [-0.3, -0.25) is 9.79 Å². The predicted octanol–water partition coefficient (Wildman–Crippen LogP) is 0.165. The van der Waals surface area contributed by atoms with Gasteiger partial charge in [0.15, 0.2) is 5.17 Å². The summed E-state index contributed by atoms with van der Waals surface area (Å²) in [4.78, 5) is 16.2. The fraction of sp³-hybridized carbons (Fsp3) is 0.778. The first-order valence-corrected chi connectivity index (χ1v) is 5.73. The Balaban J connectivity index is 2.04. The molecule has 0 aromatic carbocycles. The van der Waals surface area contributed by atoms with E-state index < -0.39 is 0 Å². The number of hydrogen-bond acceptors (Lipinski definition) is 5. The lowest BCUT2D eigenvalue weighted by atomic mass is 9.84. The van der Waals surface area contributed by atoms with E-state index in [0.717, 1.165) is 13.0 Å². The summed E-state index contributed by atoms with van der Waals surface area (Å²) in [6.07, 6.45) is 1.61. The van der Waals surface area contributed by atoms with Gasteiger partial charge in [-0.1, -0.05) is 11.8 Å². The van der Waals surface area contributed by atoms with Crippen LogP contribution >= 0.6 is 11.8 Å². The van der Waals surface area contributed by atoms with Crippen LogP contribution in [0.25, 0.3) is 0 Å². The average molecular weight is 212 g/mol. The van der Waals surface area contributed by atoms with Crippen LogP contribution in [0.3, 0.4) is 0 Å². The average Bonchev–Trinajstić information content (AvgIpc) is 2.59. The van der Waals surface area contributed by atoms with Crippen LogP contribution in [0, 0.1) is 5.92 Å². The van der Waals surface area contributed by atoms with Gasteiger partial charge in [-0.25, -0.2) is 0 Å². The zero-order valence-electron chi connectivity index (χ0n) is 7.73. The third kappa shape index (κ3) is 0.941. The first-order chi connectivity index (χ1) is 6.72. The molecule has 3 aliphatic rings. The lowest BCUT2D eigenvalue weighted by molar-refractivity contribution is -0.117. The van der Waals surface area contributed by atoms with Crippen molar-refractivity contribution < 1.29 is 9.53 Å². The third-order valence-electron chi connectivity index (χ3n) is 3.40. The predicted molar refractivity (Wildman–Crippen MR) is 54.3 cm³/mol. The van der Waals surface area contributed by atoms with Crippen molar-refractivity contribution in [1.29, 1.82) is 0 Å². The van der Waals surface area contributed by atoms with Crippen LogP contribution < -0.4 is 5.73 Å². The van der Waals surface area contributed by atoms with E-state index in [0.29, 0.717) is 29.9 Å². The number of rotatable bonds is 0. The zero-order valence-corrected chi connectivity index (χ0v) is 8.55. The maximum Gasteiger partial charge on any atom is 0.155 e. The zero-order chi connectivity index (χ0) is 9.76. The molecule has 2 heterocycles. The Morgan fingerprint density at radius 2 is 2.50 bits per heavy atom. The smallest absolute Gasteiger partial charge is 0.155 e. The third-order valence-corrected chi connectivity index (χ3v) is 4.64. The molecule has 0 amide bonds. The molecular weight excluding hydrogens is 200 g/mol. The number of nitrogens with zero attached hydrogens (tertiary/aromatic N) is 1. The maximum atomic E-state index is 11.8. The summed E-state index contributed by atoms with van der Waals surface area (Å²) in [5.41, 5.74) is 5.39. The summed E-state index contributed by atoms with van der Waals surface area (Å²) in [5.74, 6) is 0.664. The van der Waals surface area contributed by atoms with Gasteiger partial charge in [-0.2, -0.15) is 0 Å². The Morgan fingerprint density at radius 3 is 3.36 bits per heavy atom. The van der Waals surface area contributed by atoms with Crippen LogP contribution in [0.15, 0.2) is 4.99 Å². The quantitative estimate of drug-likeness (QED) is 0.621. The lowest BCUT2D eigenvalue weighted by Crippen LogP contribution is -2.46. The molecule has 0 unspecified atom stereocenters. The van der Waals surface area contributed by atoms with E-state index in [4.69, 9.17) is 10.5 Å². The van der Waals surface area contributed by atoms with Crippen LogP contribution in [0.2, 0.25) is 0 Å². The highest BCUT2D eigenvalue weighted by Gasteiger charge is 2.59. The van der Waals surface area contributed by atoms with Gasteiger partial charge < -0.3 is 10.5 Å². The van der Waals surface area contributed by atoms with E-state index in [9.17, 15) is 4.79 Å². The number of Topliss-reactive ketones (excluding diaryl/α,β-unsaturated/α-hetero) is 1. The summed E-state index contributed by atoms with van der Waals surface area (Å²) in [5, 5.41) is 0.492. The van der Waals surface area contributed by atoms with Crippen LogP contribution in [-0.4, -0.2) is 35.0 Å². The number of ketones is 1. The summed E-state index contributed by atoms with van der Waals surface area (Å²) in [7, 11) is 0. The molecule has 1 spiro atoms. The molecule has 2 fully saturated rings. The number of amidine groups is 1. The fourth-order valence-electron chi connectivity index (χ4n) is 2.73. The van der Waals surface area contributed by atoms with E-state index in [2.05, 4.69) is 4.99 Å². The van der Waals surface area contributed by atoms with Gasteiger partial charge in [0.2, 0.25) is 0 Å². The SMILES string of the molecule is NC1=N[C@@]23COCC[C@@H]2CC(=O)[C@H]3S1. The molecule has 1 saturated heterocycles. The highest BCUT2D eigenvalue weighted by Crippen LogP contribution is 2.50. The molecule has 2 N–H and O–H groups in total. The summed E-state index contributed by atoms with van der Waals surface area (Å²) < 4.78 is 5.46. The second-order valence-corrected chi connectivity index (χ2v) is 5.27. The van der Waals surface area contributed by atoms with E-state index in [1.165, 1.54) is 11.8 Å². The Hall–Kier alpha value is -0.550. The van der Waals surface area contributed by atoms with Crippen molar-refractivity contribution in [2.75, 3.05) is 13.2 Å². The Kier molecular flexibility index (Phi) is 1.70. The largest absolute Gasteiger partial charge is 0.379 e. The number of aliphatic imine (C=N–C) groups is 1. The minimum absolute atomic E-state index is 0.0622. The molecule has 5 heteroatoms. The summed E-state index contributed by atoms with van der Waals surface area (Å²) in [6.45, 7) is 1.33. The minimum Gasteiger partial charge on any atom is -0.379 e. The lowest BCUT2D eigenvalue weighted by Gasteiger charge is -2.35. The van der Waals surface area contributed by atoms with Gasteiger partial charge in [0.1, 0.15) is 11.3 Å². The maximum absolute atomic E-state index is 11.8. The number of hydrogen-bond donors (Lipinski definition) is 1. The first-order valence-electron chi connectivity index (χ1n) is 4.85. The van der Waals surface area contributed by atoms with E-state index in [1.54, 1.807) is 0 Å². The van der Waals surface area contributed by atoms with Gasteiger partial charge >= 0.3 is 0 Å². The van der Waals surface area contributed by atoms with E-state index in [1.807, 2.05) is 0 Å². The summed E-state index contributed by atoms with van der Waals surface area (Å²) >= 11 is 1.42. The molecule has 0 aromatic heterocycles. The molecule has 3 atom stereocenters. The van der Waals surface area contributed by atoms with Crippen LogP contribution in [0.5, 0.6) is 0 Å². The van der Waals surface area contributed by atoms with Gasteiger partial charge in [0.25, 0.3) is 0 Å². The highest BCUT2D eigenvalue weighted by atomic mass is 32.2. The van der Waals surface area contributed by atoms with Gasteiger partial charge in [-0.05, 0) is 12.3 Å². The Labute approximate surface area is 86.3 Å². The van der Waals surface area contributed by atoms with Gasteiger partial charge in [0.05, 0.1) is 11.9 Å². The molecule has 3 rings (SSSR count). The molecule has 1 aliphatic carbocycles. The van der Waals surface area contributed by atoms with E-state index >= 15 is 0 Å². The fourth-order valence-corrected chi connectivity index (χ4v) is 3.94.